The normalized spacial score (nSPS) is 15.6. The van der Waals surface area contributed by atoms with Crippen LogP contribution in [0.15, 0.2) is 59.6 Å². The van der Waals surface area contributed by atoms with Gasteiger partial charge in [0, 0.05) is 25.1 Å². The van der Waals surface area contributed by atoms with Gasteiger partial charge < -0.3 is 38.5 Å². The first-order valence-corrected chi connectivity index (χ1v) is 13.8. The molecule has 0 spiro atoms. The number of amides is 4. The van der Waals surface area contributed by atoms with E-state index in [1.807, 2.05) is 24.3 Å². The van der Waals surface area contributed by atoms with E-state index < -0.39 is 41.8 Å². The Bertz CT molecular complexity index is 1230. The summed E-state index contributed by atoms with van der Waals surface area (Å²) in [6.45, 7) is 0.884. The summed E-state index contributed by atoms with van der Waals surface area (Å²) in [7, 11) is 0. The number of rotatable bonds is 14. The number of nitrogens with two attached hydrogens (primary N) is 4. The van der Waals surface area contributed by atoms with Crippen LogP contribution in [0.1, 0.15) is 53.6 Å². The molecule has 2 aromatic rings. The van der Waals surface area contributed by atoms with Crippen molar-refractivity contribution in [2.24, 2.45) is 27.9 Å². The summed E-state index contributed by atoms with van der Waals surface area (Å²) in [5.41, 5.74) is 24.5. The van der Waals surface area contributed by atoms with Gasteiger partial charge in [0.05, 0.1) is 0 Å². The molecule has 220 valence electrons. The largest absolute Gasteiger partial charge is 0.370 e. The third-order valence-corrected chi connectivity index (χ3v) is 7.02. The van der Waals surface area contributed by atoms with Gasteiger partial charge in [-0.15, -0.1) is 0 Å². The zero-order valence-electron chi connectivity index (χ0n) is 23.1. The molecule has 1 aliphatic heterocycles. The molecule has 41 heavy (non-hydrogen) atoms. The molecule has 0 aliphatic carbocycles. The molecule has 12 nitrogen and oxygen atoms in total. The van der Waals surface area contributed by atoms with E-state index in [4.69, 9.17) is 22.9 Å². The van der Waals surface area contributed by atoms with Crippen molar-refractivity contribution in [3.05, 3.63) is 71.3 Å². The molecule has 10 N–H and O–H groups in total. The Hall–Kier alpha value is -4.45. The molecule has 3 atom stereocenters. The van der Waals surface area contributed by atoms with E-state index in [0.717, 1.165) is 11.1 Å². The average molecular weight is 565 g/mol. The molecule has 1 heterocycles. The highest BCUT2D eigenvalue weighted by Crippen LogP contribution is 2.24. The molecule has 1 unspecified atom stereocenters. The predicted molar refractivity (Wildman–Crippen MR) is 156 cm³/mol. The summed E-state index contributed by atoms with van der Waals surface area (Å²) in [5.74, 6) is -2.06. The summed E-state index contributed by atoms with van der Waals surface area (Å²) in [6, 6.07) is 13.3. The Kier molecular flexibility index (Phi) is 11.6. The van der Waals surface area contributed by atoms with Crippen LogP contribution in [0.5, 0.6) is 0 Å². The maximum atomic E-state index is 13.9. The molecule has 2 aromatic carbocycles. The van der Waals surface area contributed by atoms with E-state index in [1.54, 1.807) is 30.3 Å². The number of carbonyl (C=O) groups excluding carboxylic acids is 4. The highest BCUT2D eigenvalue weighted by Gasteiger charge is 2.37. The van der Waals surface area contributed by atoms with Crippen molar-refractivity contribution in [2.75, 3.05) is 13.1 Å². The van der Waals surface area contributed by atoms with Gasteiger partial charge in [0.2, 0.25) is 17.7 Å². The fourth-order valence-electron chi connectivity index (χ4n) is 4.83. The number of carbonyl (C=O) groups is 4. The number of benzene rings is 2. The second-order valence-corrected chi connectivity index (χ2v) is 10.0. The van der Waals surface area contributed by atoms with Crippen LogP contribution in [0, 0.1) is 0 Å². The quantitative estimate of drug-likeness (QED) is 0.104. The van der Waals surface area contributed by atoms with E-state index in [-0.39, 0.29) is 25.5 Å². The van der Waals surface area contributed by atoms with Gasteiger partial charge in [0.25, 0.3) is 5.91 Å². The van der Waals surface area contributed by atoms with Gasteiger partial charge in [0.15, 0.2) is 5.96 Å². The average Bonchev–Trinajstić information content (AvgIpc) is 2.97. The lowest BCUT2D eigenvalue weighted by Crippen LogP contribution is -2.59. The summed E-state index contributed by atoms with van der Waals surface area (Å²) in [4.78, 5) is 58.2. The third-order valence-electron chi connectivity index (χ3n) is 7.02. The van der Waals surface area contributed by atoms with Gasteiger partial charge in [-0.25, -0.2) is 0 Å². The van der Waals surface area contributed by atoms with Gasteiger partial charge in [-0.2, -0.15) is 0 Å². The third kappa shape index (κ3) is 9.04. The standard InChI is InChI=1S/C29H40N8O4/c30-15-7-6-13-23(28(41)37-18-21-12-5-4-11-20(21)17-24(37)25(31)38)36-27(40)22(14-8-16-34-29(32)33)35-26(39)19-9-2-1-3-10-19/h1-5,9-12,22-24H,6-8,13-18,30H2,(H2,31,38)(H,35,39)(H,36,40)(H4,32,33,34)/t22-,23-,24?/m0/s1. The summed E-state index contributed by atoms with van der Waals surface area (Å²) in [6.07, 6.45) is 2.45. The number of nitrogens with zero attached hydrogens (tertiary/aromatic N) is 2. The molecule has 0 saturated carbocycles. The lowest BCUT2D eigenvalue weighted by Gasteiger charge is -2.37. The first kappa shape index (κ1) is 31.1. The first-order chi connectivity index (χ1) is 19.7. The van der Waals surface area contributed by atoms with Crippen LogP contribution >= 0.6 is 0 Å². The van der Waals surface area contributed by atoms with Crippen molar-refractivity contribution in [1.82, 2.24) is 15.5 Å². The second-order valence-electron chi connectivity index (χ2n) is 10.0. The molecule has 12 heteroatoms. The minimum absolute atomic E-state index is 0.0722. The first-order valence-electron chi connectivity index (χ1n) is 13.8. The maximum Gasteiger partial charge on any atom is 0.251 e. The van der Waals surface area contributed by atoms with Crippen LogP contribution in [0.25, 0.3) is 0 Å². The van der Waals surface area contributed by atoms with Crippen molar-refractivity contribution < 1.29 is 19.2 Å². The molecule has 0 fully saturated rings. The highest BCUT2D eigenvalue weighted by atomic mass is 16.2. The Morgan fingerprint density at radius 3 is 2.17 bits per heavy atom. The van der Waals surface area contributed by atoms with Crippen LogP contribution in [0.4, 0.5) is 0 Å². The molecule has 0 bridgehead atoms. The zero-order valence-corrected chi connectivity index (χ0v) is 23.1. The number of nitrogens with one attached hydrogen (secondary N) is 2. The van der Waals surface area contributed by atoms with Crippen LogP contribution in [0.2, 0.25) is 0 Å². The molecule has 0 radical (unpaired) electrons. The molecular weight excluding hydrogens is 524 g/mol. The van der Waals surface area contributed by atoms with Crippen LogP contribution in [-0.4, -0.2) is 65.7 Å². The van der Waals surface area contributed by atoms with E-state index >= 15 is 0 Å². The Balaban J connectivity index is 1.82. The molecule has 4 amide bonds. The fraction of sp³-hybridized carbons (Fsp3) is 0.414. The predicted octanol–water partition coefficient (Wildman–Crippen LogP) is -0.109. The summed E-state index contributed by atoms with van der Waals surface area (Å²) < 4.78 is 0. The van der Waals surface area contributed by atoms with E-state index in [2.05, 4.69) is 15.6 Å². The lowest BCUT2D eigenvalue weighted by atomic mass is 9.92. The van der Waals surface area contributed by atoms with E-state index in [1.165, 1.54) is 4.90 Å². The Labute approximate surface area is 239 Å². The molecule has 3 rings (SSSR count). The molecular formula is C29H40N8O4. The van der Waals surface area contributed by atoms with Crippen molar-refractivity contribution in [1.29, 1.82) is 0 Å². The Morgan fingerprint density at radius 2 is 1.51 bits per heavy atom. The summed E-state index contributed by atoms with van der Waals surface area (Å²) >= 11 is 0. The van der Waals surface area contributed by atoms with Gasteiger partial charge in [-0.3, -0.25) is 24.2 Å². The monoisotopic (exact) mass is 564 g/mol. The number of unbranched alkanes of at least 4 members (excludes halogenated alkanes) is 1. The number of guanidine groups is 1. The zero-order chi connectivity index (χ0) is 29.8. The number of aliphatic imine (C=N–C) groups is 1. The second kappa shape index (κ2) is 15.4. The topological polar surface area (TPSA) is 212 Å². The van der Waals surface area contributed by atoms with Crippen molar-refractivity contribution in [3.63, 3.8) is 0 Å². The van der Waals surface area contributed by atoms with Crippen LogP contribution < -0.4 is 33.6 Å². The van der Waals surface area contributed by atoms with E-state index in [9.17, 15) is 19.2 Å². The maximum absolute atomic E-state index is 13.9. The van der Waals surface area contributed by atoms with E-state index in [0.29, 0.717) is 44.2 Å². The van der Waals surface area contributed by atoms with Gasteiger partial charge in [-0.1, -0.05) is 42.5 Å². The molecule has 1 aliphatic rings. The number of hydrogen-bond donors (Lipinski definition) is 6. The lowest BCUT2D eigenvalue weighted by molar-refractivity contribution is -0.144. The summed E-state index contributed by atoms with van der Waals surface area (Å²) in [5, 5.41) is 5.61. The highest BCUT2D eigenvalue weighted by molar-refractivity contribution is 5.98. The van der Waals surface area contributed by atoms with Gasteiger partial charge >= 0.3 is 0 Å². The molecule has 0 saturated heterocycles. The van der Waals surface area contributed by atoms with Crippen LogP contribution in [-0.2, 0) is 27.3 Å². The minimum atomic E-state index is -0.962. The van der Waals surface area contributed by atoms with Gasteiger partial charge in [0.1, 0.15) is 18.1 Å². The number of fused-ring (bicyclic) bond motifs is 1. The van der Waals surface area contributed by atoms with Crippen molar-refractivity contribution in [3.8, 4) is 0 Å². The minimum Gasteiger partial charge on any atom is -0.370 e. The Morgan fingerprint density at radius 1 is 0.854 bits per heavy atom. The van der Waals surface area contributed by atoms with Crippen molar-refractivity contribution in [2.45, 2.75) is 63.2 Å². The molecule has 0 aromatic heterocycles. The van der Waals surface area contributed by atoms with Gasteiger partial charge in [-0.05, 0) is 61.9 Å². The smallest absolute Gasteiger partial charge is 0.251 e. The van der Waals surface area contributed by atoms with Crippen molar-refractivity contribution >= 4 is 29.6 Å². The SMILES string of the molecule is NCCCC[C@H](NC(=O)[C@H](CCCN=C(N)N)NC(=O)c1ccccc1)C(=O)N1Cc2ccccc2CC1C(N)=O. The number of primary amides is 1. The fourth-order valence-corrected chi connectivity index (χ4v) is 4.83. The van der Waals surface area contributed by atoms with Crippen LogP contribution in [0.3, 0.4) is 0 Å². The number of hydrogen-bond acceptors (Lipinski definition) is 6.